The van der Waals surface area contributed by atoms with E-state index in [1.807, 2.05) is 51.1 Å². The molecule has 1 aliphatic heterocycles. The number of nitrogens with zero attached hydrogens (tertiary/aromatic N) is 1. The quantitative estimate of drug-likeness (QED) is 0.456. The highest BCUT2D eigenvalue weighted by atomic mass is 19.1. The molecule has 5 nitrogen and oxygen atoms in total. The van der Waals surface area contributed by atoms with Gasteiger partial charge in [0.15, 0.2) is 5.78 Å². The molecule has 0 bridgehead atoms. The van der Waals surface area contributed by atoms with Crippen LogP contribution >= 0.6 is 0 Å². The van der Waals surface area contributed by atoms with Crippen molar-refractivity contribution in [1.29, 1.82) is 0 Å². The van der Waals surface area contributed by atoms with Crippen molar-refractivity contribution >= 4 is 17.6 Å². The highest BCUT2D eigenvalue weighted by Gasteiger charge is 2.29. The molecular weight excluding hydrogens is 440 g/mol. The molecule has 0 unspecified atom stereocenters. The molecule has 0 saturated carbocycles. The lowest BCUT2D eigenvalue weighted by atomic mass is 9.92. The summed E-state index contributed by atoms with van der Waals surface area (Å²) in [5, 5.41) is 4.23. The van der Waals surface area contributed by atoms with E-state index in [2.05, 4.69) is 17.3 Å². The fraction of sp³-hybridized carbons (Fsp3) is 0.222. The molecule has 0 N–H and O–H groups in total. The van der Waals surface area contributed by atoms with E-state index in [4.69, 9.17) is 14.4 Å². The molecule has 34 heavy (non-hydrogen) atoms. The molecule has 0 atom stereocenters. The van der Waals surface area contributed by atoms with Gasteiger partial charge in [-0.15, -0.1) is 0 Å². The average molecular weight is 463 g/mol. The maximum atomic E-state index is 13.9. The van der Waals surface area contributed by atoms with Gasteiger partial charge in [0.05, 0.1) is 11.3 Å². The van der Waals surface area contributed by atoms with Crippen LogP contribution < -0.4 is 0 Å². The zero-order valence-corrected chi connectivity index (χ0v) is 19.0. The summed E-state index contributed by atoms with van der Waals surface area (Å²) in [6.07, 6.45) is 0.920. The van der Waals surface area contributed by atoms with Crippen LogP contribution in [0.3, 0.4) is 0 Å². The van der Waals surface area contributed by atoms with E-state index < -0.39 is 23.0 Å². The normalized spacial score (nSPS) is 13.7. The first kappa shape index (κ1) is 24.7. The van der Waals surface area contributed by atoms with Crippen LogP contribution in [0.2, 0.25) is 0 Å². The molecule has 0 aromatic heterocycles. The summed E-state index contributed by atoms with van der Waals surface area (Å²) in [4.78, 5) is 34.1. The second-order valence-corrected chi connectivity index (χ2v) is 8.57. The van der Waals surface area contributed by atoms with Gasteiger partial charge >= 0.3 is 6.15 Å². The van der Waals surface area contributed by atoms with Crippen LogP contribution in [0.5, 0.6) is 0 Å². The molecule has 0 saturated heterocycles. The Balaban J connectivity index is 0.00000103. The Morgan fingerprint density at radius 3 is 2.15 bits per heavy atom. The van der Waals surface area contributed by atoms with Crippen molar-refractivity contribution in [2.24, 2.45) is 5.16 Å². The van der Waals surface area contributed by atoms with Gasteiger partial charge in [-0.05, 0) is 61.2 Å². The number of rotatable bonds is 5. The average Bonchev–Trinajstić information content (AvgIpc) is 3.15. The second-order valence-electron chi connectivity index (χ2n) is 8.57. The van der Waals surface area contributed by atoms with Crippen molar-refractivity contribution in [3.8, 4) is 11.1 Å². The number of aryl methyl sites for hydroxylation is 1. The molecular formula is C27H23F2NO4. The largest absolute Gasteiger partial charge is 0.389 e. The topological polar surface area (TPSA) is 72.8 Å². The number of oxime groups is 1. The van der Waals surface area contributed by atoms with E-state index in [1.165, 1.54) is 6.07 Å². The van der Waals surface area contributed by atoms with Gasteiger partial charge in [0.1, 0.15) is 17.2 Å². The third-order valence-electron chi connectivity index (χ3n) is 5.44. The Morgan fingerprint density at radius 2 is 1.59 bits per heavy atom. The molecule has 0 aliphatic carbocycles. The van der Waals surface area contributed by atoms with Gasteiger partial charge in [0.2, 0.25) is 0 Å². The SMILES string of the molecule is Cc1ccc(C2=NOC(C)(C)C2)cc1-c1ccc(CC(=O)c2c(F)cccc2F)cc1.O=C=O. The number of carbonyl (C=O) groups excluding carboxylic acids is 3. The first-order valence-corrected chi connectivity index (χ1v) is 10.6. The van der Waals surface area contributed by atoms with Crippen molar-refractivity contribution in [2.75, 3.05) is 0 Å². The molecule has 0 spiro atoms. The van der Waals surface area contributed by atoms with Crippen LogP contribution in [0.15, 0.2) is 65.8 Å². The lowest BCUT2D eigenvalue weighted by Crippen LogP contribution is -2.19. The molecule has 0 radical (unpaired) electrons. The summed E-state index contributed by atoms with van der Waals surface area (Å²) in [5.74, 6) is -2.25. The standard InChI is InChI=1S/C26H23F2NO2.CO2/c1-16-7-10-19(23-15-26(2,3)31-29-23)14-20(16)18-11-8-17(9-12-18)13-24(30)25-21(27)5-4-6-22(25)28;2-1-3/h4-12,14H,13,15H2,1-3H3;. The summed E-state index contributed by atoms with van der Waals surface area (Å²) >= 11 is 0. The first-order valence-electron chi connectivity index (χ1n) is 10.6. The fourth-order valence-electron chi connectivity index (χ4n) is 3.75. The Bertz CT molecular complexity index is 1250. The highest BCUT2D eigenvalue weighted by Crippen LogP contribution is 2.30. The van der Waals surface area contributed by atoms with Crippen LogP contribution in [0.4, 0.5) is 8.78 Å². The zero-order chi connectivity index (χ0) is 24.9. The van der Waals surface area contributed by atoms with Gasteiger partial charge in [-0.25, -0.2) is 8.78 Å². The van der Waals surface area contributed by atoms with E-state index in [1.54, 1.807) is 0 Å². The molecule has 7 heteroatoms. The molecule has 174 valence electrons. The van der Waals surface area contributed by atoms with Crippen molar-refractivity contribution in [2.45, 2.75) is 39.2 Å². The van der Waals surface area contributed by atoms with Gasteiger partial charge in [-0.2, -0.15) is 9.59 Å². The number of benzene rings is 3. The van der Waals surface area contributed by atoms with Gasteiger partial charge in [-0.3, -0.25) is 4.79 Å². The van der Waals surface area contributed by atoms with E-state index in [0.29, 0.717) is 5.56 Å². The Labute approximate surface area is 196 Å². The Morgan fingerprint density at radius 1 is 1.00 bits per heavy atom. The predicted molar refractivity (Wildman–Crippen MR) is 122 cm³/mol. The minimum absolute atomic E-state index is 0.0691. The Kier molecular flexibility index (Phi) is 7.49. The number of hydrogen-bond acceptors (Lipinski definition) is 5. The predicted octanol–water partition coefficient (Wildman–Crippen LogP) is 5.69. The summed E-state index contributed by atoms with van der Waals surface area (Å²) in [5.41, 5.74) is 5.00. The number of ketones is 1. The smallest absolute Gasteiger partial charge is 0.373 e. The van der Waals surface area contributed by atoms with Crippen molar-refractivity contribution in [1.82, 2.24) is 0 Å². The van der Waals surface area contributed by atoms with Crippen molar-refractivity contribution in [3.63, 3.8) is 0 Å². The fourth-order valence-corrected chi connectivity index (χ4v) is 3.75. The van der Waals surface area contributed by atoms with Crippen LogP contribution in [0, 0.1) is 18.6 Å². The molecule has 1 aliphatic rings. The molecule has 3 aromatic carbocycles. The lowest BCUT2D eigenvalue weighted by Gasteiger charge is -2.14. The molecule has 0 fully saturated rings. The maximum Gasteiger partial charge on any atom is 0.373 e. The van der Waals surface area contributed by atoms with Crippen molar-refractivity contribution < 1.29 is 28.0 Å². The first-order chi connectivity index (χ1) is 16.1. The number of Topliss-reactive ketones (excluding diaryl/α,β-unsaturated/α-hetero) is 1. The Hall–Kier alpha value is -3.96. The van der Waals surface area contributed by atoms with E-state index in [9.17, 15) is 13.6 Å². The lowest BCUT2D eigenvalue weighted by molar-refractivity contribution is -0.191. The third kappa shape index (κ3) is 5.69. The van der Waals surface area contributed by atoms with Gasteiger partial charge in [-0.1, -0.05) is 47.6 Å². The molecule has 1 heterocycles. The molecule has 4 rings (SSSR count). The molecule has 0 amide bonds. The number of carbonyl (C=O) groups is 1. The minimum Gasteiger partial charge on any atom is -0.389 e. The maximum absolute atomic E-state index is 13.9. The van der Waals surface area contributed by atoms with Gasteiger partial charge < -0.3 is 4.84 Å². The van der Waals surface area contributed by atoms with Gasteiger partial charge in [0, 0.05) is 18.4 Å². The van der Waals surface area contributed by atoms with Crippen LogP contribution in [-0.2, 0) is 20.8 Å². The van der Waals surface area contributed by atoms with Crippen LogP contribution in [-0.4, -0.2) is 23.2 Å². The summed E-state index contributed by atoms with van der Waals surface area (Å²) in [6, 6.07) is 17.1. The highest BCUT2D eigenvalue weighted by molar-refractivity contribution is 6.02. The molecule has 3 aromatic rings. The summed E-state index contributed by atoms with van der Waals surface area (Å²) < 4.78 is 27.7. The van der Waals surface area contributed by atoms with E-state index in [-0.39, 0.29) is 18.2 Å². The zero-order valence-electron chi connectivity index (χ0n) is 19.0. The second kappa shape index (κ2) is 10.3. The van der Waals surface area contributed by atoms with E-state index >= 15 is 0 Å². The van der Waals surface area contributed by atoms with Crippen molar-refractivity contribution in [3.05, 3.63) is 94.6 Å². The number of hydrogen-bond donors (Lipinski definition) is 0. The van der Waals surface area contributed by atoms with Crippen LogP contribution in [0.1, 0.15) is 47.3 Å². The van der Waals surface area contributed by atoms with Gasteiger partial charge in [0.25, 0.3) is 0 Å². The minimum atomic E-state index is -0.837. The number of halogens is 2. The summed E-state index contributed by atoms with van der Waals surface area (Å²) in [6.45, 7) is 6.05. The van der Waals surface area contributed by atoms with Crippen LogP contribution in [0.25, 0.3) is 11.1 Å². The summed E-state index contributed by atoms with van der Waals surface area (Å²) in [7, 11) is 0. The third-order valence-corrected chi connectivity index (χ3v) is 5.44. The van der Waals surface area contributed by atoms with E-state index in [0.717, 1.165) is 46.5 Å². The monoisotopic (exact) mass is 463 g/mol.